The molecule has 9 nitrogen and oxygen atoms in total. The first kappa shape index (κ1) is 29.1. The molecule has 1 aromatic heterocycles. The molecule has 12 heteroatoms. The van der Waals surface area contributed by atoms with Crippen molar-refractivity contribution in [3.63, 3.8) is 0 Å². The lowest BCUT2D eigenvalue weighted by atomic mass is 9.94. The molecule has 0 amide bonds. The van der Waals surface area contributed by atoms with E-state index in [1.165, 1.54) is 30.1 Å². The largest absolute Gasteiger partial charge is 0.506 e. The normalized spacial score (nSPS) is 15.1. The number of aromatic hydroxyl groups is 1. The van der Waals surface area contributed by atoms with Crippen molar-refractivity contribution in [1.29, 1.82) is 0 Å². The lowest BCUT2D eigenvalue weighted by Crippen LogP contribution is -2.40. The van der Waals surface area contributed by atoms with Gasteiger partial charge in [-0.15, -0.1) is 0 Å². The van der Waals surface area contributed by atoms with Crippen LogP contribution in [0.15, 0.2) is 60.3 Å². The second-order valence-corrected chi connectivity index (χ2v) is 11.1. The number of hydrogen-bond donors (Lipinski definition) is 1. The fourth-order valence-corrected chi connectivity index (χ4v) is 6.47. The molecule has 2 heterocycles. The fourth-order valence-electron chi connectivity index (χ4n) is 4.20. The average Bonchev–Trinajstić information content (AvgIpc) is 3.20. The Hall–Kier alpha value is -2.93. The quantitative estimate of drug-likeness (QED) is 0.268. The second-order valence-electron chi connectivity index (χ2n) is 8.36. The van der Waals surface area contributed by atoms with Crippen LogP contribution in [0.4, 0.5) is 0 Å². The summed E-state index contributed by atoms with van der Waals surface area (Å²) in [6, 6.07) is 7.86. The molecule has 0 fully saturated rings. The number of esters is 1. The minimum absolute atomic E-state index is 0.0459. The summed E-state index contributed by atoms with van der Waals surface area (Å²) in [7, 11) is 3.05. The first-order valence-electron chi connectivity index (χ1n) is 11.9. The van der Waals surface area contributed by atoms with Gasteiger partial charge in [-0.05, 0) is 75.5 Å². The van der Waals surface area contributed by atoms with Gasteiger partial charge in [0.2, 0.25) is 0 Å². The number of ether oxygens (including phenoxy) is 4. The number of aromatic nitrogens is 1. The van der Waals surface area contributed by atoms with Gasteiger partial charge >= 0.3 is 5.97 Å². The molecule has 4 rings (SSSR count). The number of hydrogen-bond acceptors (Lipinski definition) is 9. The number of allylic oxidation sites excluding steroid dienone is 1. The van der Waals surface area contributed by atoms with E-state index >= 15 is 0 Å². The lowest BCUT2D eigenvalue weighted by molar-refractivity contribution is -0.140. The maximum Gasteiger partial charge on any atom is 0.338 e. The lowest BCUT2D eigenvalue weighted by Gasteiger charge is -2.27. The van der Waals surface area contributed by atoms with Crippen LogP contribution in [0.1, 0.15) is 31.0 Å². The first-order chi connectivity index (χ1) is 18.7. The highest BCUT2D eigenvalue weighted by molar-refractivity contribution is 9.11. The van der Waals surface area contributed by atoms with E-state index in [9.17, 15) is 14.7 Å². The summed E-state index contributed by atoms with van der Waals surface area (Å²) in [6.07, 6.45) is 1.71. The van der Waals surface area contributed by atoms with E-state index in [0.29, 0.717) is 53.2 Å². The molecule has 0 radical (unpaired) electrons. The van der Waals surface area contributed by atoms with Crippen molar-refractivity contribution in [2.45, 2.75) is 19.9 Å². The fraction of sp³-hybridized carbons (Fsp3) is 0.296. The molecule has 206 valence electrons. The molecule has 0 saturated carbocycles. The number of benzene rings is 2. The predicted octanol–water partition coefficient (Wildman–Crippen LogP) is 4.06. The Morgan fingerprint density at radius 3 is 2.56 bits per heavy atom. The number of thiazole rings is 1. The number of methoxy groups -OCH3 is 2. The van der Waals surface area contributed by atoms with Crippen LogP contribution in [-0.4, -0.2) is 49.7 Å². The van der Waals surface area contributed by atoms with Gasteiger partial charge in [-0.2, -0.15) is 0 Å². The number of para-hydroxylation sites is 1. The van der Waals surface area contributed by atoms with Crippen LogP contribution in [0.25, 0.3) is 6.08 Å². The van der Waals surface area contributed by atoms with Crippen molar-refractivity contribution in [3.8, 4) is 17.2 Å². The Labute approximate surface area is 245 Å². The summed E-state index contributed by atoms with van der Waals surface area (Å²) in [5, 5.41) is 10.1. The van der Waals surface area contributed by atoms with Gasteiger partial charge in [0.15, 0.2) is 16.3 Å². The van der Waals surface area contributed by atoms with Crippen LogP contribution < -0.4 is 24.4 Å². The molecule has 1 atom stereocenters. The number of fused-ring (bicyclic) bond motifs is 1. The maximum atomic E-state index is 13.9. The van der Waals surface area contributed by atoms with Gasteiger partial charge in [0.1, 0.15) is 18.4 Å². The molecule has 0 bridgehead atoms. The van der Waals surface area contributed by atoms with Crippen LogP contribution >= 0.6 is 43.2 Å². The zero-order chi connectivity index (χ0) is 28.3. The maximum absolute atomic E-state index is 13.9. The van der Waals surface area contributed by atoms with E-state index in [2.05, 4.69) is 36.9 Å². The third-order valence-electron chi connectivity index (χ3n) is 5.91. The van der Waals surface area contributed by atoms with E-state index in [1.54, 1.807) is 43.3 Å². The second kappa shape index (κ2) is 12.5. The SMILES string of the molecule is CCOc1c(OC)cccc1[C@H]1C(C(=O)OCCOC)=C(C)N=c2s/c(=C/c3cc(Br)c(O)c(Br)c3)c(=O)n21. The van der Waals surface area contributed by atoms with Gasteiger partial charge in [0.05, 0.1) is 45.1 Å². The van der Waals surface area contributed by atoms with Crippen molar-refractivity contribution >= 4 is 55.2 Å². The van der Waals surface area contributed by atoms with Crippen molar-refractivity contribution in [1.82, 2.24) is 4.57 Å². The smallest absolute Gasteiger partial charge is 0.338 e. The van der Waals surface area contributed by atoms with Crippen LogP contribution in [-0.2, 0) is 14.3 Å². The van der Waals surface area contributed by atoms with Gasteiger partial charge in [-0.1, -0.05) is 23.5 Å². The van der Waals surface area contributed by atoms with Crippen LogP contribution in [0.2, 0.25) is 0 Å². The van der Waals surface area contributed by atoms with Gasteiger partial charge < -0.3 is 24.1 Å². The van der Waals surface area contributed by atoms with Crippen molar-refractivity contribution < 1.29 is 28.8 Å². The molecule has 0 unspecified atom stereocenters. The van der Waals surface area contributed by atoms with Crippen molar-refractivity contribution in [2.24, 2.45) is 4.99 Å². The van der Waals surface area contributed by atoms with Crippen molar-refractivity contribution in [2.75, 3.05) is 34.0 Å². The number of halogens is 2. The number of carbonyl (C=O) groups excluding carboxylic acids is 1. The molecular weight excluding hydrogens is 656 g/mol. The van der Waals surface area contributed by atoms with Crippen LogP contribution in [0, 0.1) is 0 Å². The summed E-state index contributed by atoms with van der Waals surface area (Å²) in [4.78, 5) is 32.4. The minimum atomic E-state index is -0.881. The molecule has 1 aliphatic heterocycles. The average molecular weight is 682 g/mol. The molecule has 1 aliphatic rings. The molecule has 0 aliphatic carbocycles. The number of carbonyl (C=O) groups is 1. The van der Waals surface area contributed by atoms with E-state index in [0.717, 1.165) is 0 Å². The Bertz CT molecular complexity index is 1600. The Morgan fingerprint density at radius 1 is 1.21 bits per heavy atom. The highest BCUT2D eigenvalue weighted by Gasteiger charge is 2.36. The summed E-state index contributed by atoms with van der Waals surface area (Å²) in [5.41, 5.74) is 1.54. The highest BCUT2D eigenvalue weighted by Crippen LogP contribution is 2.41. The van der Waals surface area contributed by atoms with Crippen molar-refractivity contribution in [3.05, 3.63) is 81.4 Å². The zero-order valence-electron chi connectivity index (χ0n) is 21.6. The summed E-state index contributed by atoms with van der Waals surface area (Å²) < 4.78 is 24.9. The first-order valence-corrected chi connectivity index (χ1v) is 14.3. The van der Waals surface area contributed by atoms with E-state index < -0.39 is 12.0 Å². The third kappa shape index (κ3) is 5.84. The number of rotatable bonds is 9. The van der Waals surface area contributed by atoms with Crippen LogP contribution in [0.3, 0.4) is 0 Å². The molecular formula is C27H26Br2N2O7S. The molecule has 2 aromatic carbocycles. The standard InChI is InChI=1S/C27H26Br2N2O7S/c1-5-37-24-16(7-6-8-19(24)36-4)22-21(26(34)38-10-9-35-3)14(2)30-27-31(22)25(33)20(39-27)13-15-11-17(28)23(32)18(29)12-15/h6-8,11-13,22,32H,5,9-10H2,1-4H3/b20-13+/t22-/m0/s1. The molecule has 0 saturated heterocycles. The Morgan fingerprint density at radius 2 is 1.92 bits per heavy atom. The summed E-state index contributed by atoms with van der Waals surface area (Å²) in [6.45, 7) is 4.17. The van der Waals surface area contributed by atoms with E-state index in [-0.39, 0.29) is 30.1 Å². The monoisotopic (exact) mass is 680 g/mol. The number of phenolic OH excluding ortho intramolecular Hbond substituents is 1. The Kier molecular flexibility index (Phi) is 9.31. The number of nitrogens with zero attached hydrogens (tertiary/aromatic N) is 2. The highest BCUT2D eigenvalue weighted by atomic mass is 79.9. The minimum Gasteiger partial charge on any atom is -0.506 e. The predicted molar refractivity (Wildman–Crippen MR) is 154 cm³/mol. The molecule has 39 heavy (non-hydrogen) atoms. The Balaban J connectivity index is 1.98. The van der Waals surface area contributed by atoms with Gasteiger partial charge in [0.25, 0.3) is 5.56 Å². The van der Waals surface area contributed by atoms with E-state index in [1.807, 2.05) is 6.92 Å². The number of phenols is 1. The summed E-state index contributed by atoms with van der Waals surface area (Å²) in [5.74, 6) is 0.342. The summed E-state index contributed by atoms with van der Waals surface area (Å²) >= 11 is 7.85. The zero-order valence-corrected chi connectivity index (χ0v) is 25.6. The molecule has 1 N–H and O–H groups in total. The third-order valence-corrected chi connectivity index (χ3v) is 8.10. The van der Waals surface area contributed by atoms with Gasteiger partial charge in [-0.25, -0.2) is 9.79 Å². The van der Waals surface area contributed by atoms with Gasteiger partial charge in [0, 0.05) is 12.7 Å². The topological polar surface area (TPSA) is 109 Å². The van der Waals surface area contributed by atoms with Crippen LogP contribution in [0.5, 0.6) is 17.2 Å². The molecule has 0 spiro atoms. The molecule has 3 aromatic rings. The van der Waals surface area contributed by atoms with Gasteiger partial charge in [-0.3, -0.25) is 9.36 Å². The van der Waals surface area contributed by atoms with E-state index in [4.69, 9.17) is 18.9 Å².